The number of likely N-dealkylation sites (N-methyl/N-ethyl adjacent to an activating group) is 2. The summed E-state index contributed by atoms with van der Waals surface area (Å²) in [5.74, 6) is 1.18. The molecule has 1 unspecified atom stereocenters. The van der Waals surface area contributed by atoms with Gasteiger partial charge in [0.1, 0.15) is 0 Å². The van der Waals surface area contributed by atoms with Crippen molar-refractivity contribution in [2.24, 2.45) is 0 Å². The van der Waals surface area contributed by atoms with Gasteiger partial charge in [0.25, 0.3) is 0 Å². The molecule has 1 aliphatic heterocycles. The van der Waals surface area contributed by atoms with E-state index in [0.29, 0.717) is 17.9 Å². The SMILES string of the molecule is CCCNc1nc(Cl)nc(N(C)CC2CCCN2C)n1. The molecule has 6 nitrogen and oxygen atoms in total. The number of hydrogen-bond donors (Lipinski definition) is 1. The lowest BCUT2D eigenvalue weighted by Crippen LogP contribution is -2.37. The van der Waals surface area contributed by atoms with Crippen molar-refractivity contribution in [1.29, 1.82) is 0 Å². The molecule has 0 spiro atoms. The molecule has 1 fully saturated rings. The minimum atomic E-state index is 0.236. The van der Waals surface area contributed by atoms with Gasteiger partial charge in [-0.2, -0.15) is 15.0 Å². The second kappa shape index (κ2) is 7.04. The number of halogens is 1. The quantitative estimate of drug-likeness (QED) is 0.865. The summed E-state index contributed by atoms with van der Waals surface area (Å²) in [5.41, 5.74) is 0. The third-order valence-corrected chi connectivity index (χ3v) is 3.80. The lowest BCUT2D eigenvalue weighted by molar-refractivity contribution is 0.313. The molecular weight excluding hydrogens is 276 g/mol. The Balaban J connectivity index is 2.04. The first-order valence-corrected chi connectivity index (χ1v) is 7.54. The van der Waals surface area contributed by atoms with E-state index in [1.54, 1.807) is 0 Å². The van der Waals surface area contributed by atoms with Gasteiger partial charge in [-0.05, 0) is 44.5 Å². The fourth-order valence-electron chi connectivity index (χ4n) is 2.43. The van der Waals surface area contributed by atoms with Gasteiger partial charge in [0.15, 0.2) is 0 Å². The van der Waals surface area contributed by atoms with Gasteiger partial charge in [0, 0.05) is 26.2 Å². The van der Waals surface area contributed by atoms with Crippen LogP contribution in [0.2, 0.25) is 5.28 Å². The molecule has 1 aromatic heterocycles. The Morgan fingerprint density at radius 1 is 1.40 bits per heavy atom. The molecule has 0 radical (unpaired) electrons. The van der Waals surface area contributed by atoms with Crippen molar-refractivity contribution in [3.8, 4) is 0 Å². The maximum Gasteiger partial charge on any atom is 0.231 e. The van der Waals surface area contributed by atoms with E-state index in [0.717, 1.165) is 19.5 Å². The first-order chi connectivity index (χ1) is 9.60. The summed E-state index contributed by atoms with van der Waals surface area (Å²) in [5, 5.41) is 3.39. The molecule has 0 saturated carbocycles. The van der Waals surface area contributed by atoms with Gasteiger partial charge in [-0.1, -0.05) is 6.92 Å². The maximum absolute atomic E-state index is 5.98. The molecule has 2 heterocycles. The molecule has 2 rings (SSSR count). The zero-order valence-corrected chi connectivity index (χ0v) is 13.2. The summed E-state index contributed by atoms with van der Waals surface area (Å²) in [6, 6.07) is 0.558. The highest BCUT2D eigenvalue weighted by Gasteiger charge is 2.23. The van der Waals surface area contributed by atoms with Gasteiger partial charge in [0.2, 0.25) is 17.2 Å². The molecule has 0 bridgehead atoms. The van der Waals surface area contributed by atoms with Crippen LogP contribution in [0.3, 0.4) is 0 Å². The van der Waals surface area contributed by atoms with Crippen molar-refractivity contribution in [2.75, 3.05) is 43.9 Å². The summed E-state index contributed by atoms with van der Waals surface area (Å²) in [7, 11) is 4.17. The minimum absolute atomic E-state index is 0.236. The van der Waals surface area contributed by atoms with Crippen molar-refractivity contribution in [2.45, 2.75) is 32.2 Å². The molecule has 1 aliphatic rings. The van der Waals surface area contributed by atoms with Crippen LogP contribution in [0.4, 0.5) is 11.9 Å². The zero-order chi connectivity index (χ0) is 14.5. The normalized spacial score (nSPS) is 19.3. The number of anilines is 2. The Kier molecular flexibility index (Phi) is 5.37. The van der Waals surface area contributed by atoms with Gasteiger partial charge in [-0.15, -0.1) is 0 Å². The topological polar surface area (TPSA) is 57.2 Å². The van der Waals surface area contributed by atoms with Crippen LogP contribution in [-0.4, -0.2) is 59.6 Å². The minimum Gasteiger partial charge on any atom is -0.354 e. The Bertz CT molecular complexity index is 441. The van der Waals surface area contributed by atoms with E-state index in [4.69, 9.17) is 11.6 Å². The highest BCUT2D eigenvalue weighted by atomic mass is 35.5. The van der Waals surface area contributed by atoms with Crippen molar-refractivity contribution in [3.05, 3.63) is 5.28 Å². The summed E-state index contributed by atoms with van der Waals surface area (Å²) >= 11 is 5.98. The van der Waals surface area contributed by atoms with Crippen LogP contribution in [0.1, 0.15) is 26.2 Å². The fourth-order valence-corrected chi connectivity index (χ4v) is 2.59. The molecule has 1 atom stereocenters. The number of nitrogens with one attached hydrogen (secondary N) is 1. The van der Waals surface area contributed by atoms with E-state index in [2.05, 4.69) is 44.0 Å². The van der Waals surface area contributed by atoms with Gasteiger partial charge >= 0.3 is 0 Å². The average Bonchev–Trinajstić information content (AvgIpc) is 2.81. The van der Waals surface area contributed by atoms with Gasteiger partial charge < -0.3 is 15.1 Å². The second-order valence-corrected chi connectivity index (χ2v) is 5.65. The van der Waals surface area contributed by atoms with Crippen molar-refractivity contribution in [1.82, 2.24) is 19.9 Å². The van der Waals surface area contributed by atoms with Crippen LogP contribution < -0.4 is 10.2 Å². The second-order valence-electron chi connectivity index (χ2n) is 5.31. The van der Waals surface area contributed by atoms with Gasteiger partial charge in [-0.3, -0.25) is 0 Å². The highest BCUT2D eigenvalue weighted by Crippen LogP contribution is 2.18. The zero-order valence-electron chi connectivity index (χ0n) is 12.4. The molecule has 0 aromatic carbocycles. The van der Waals surface area contributed by atoms with Crippen molar-refractivity contribution in [3.63, 3.8) is 0 Å². The highest BCUT2D eigenvalue weighted by molar-refractivity contribution is 6.28. The van der Waals surface area contributed by atoms with Crippen LogP contribution in [0, 0.1) is 0 Å². The van der Waals surface area contributed by atoms with Crippen LogP contribution >= 0.6 is 11.6 Å². The largest absolute Gasteiger partial charge is 0.354 e. The lowest BCUT2D eigenvalue weighted by atomic mass is 10.2. The summed E-state index contributed by atoms with van der Waals surface area (Å²) in [4.78, 5) is 17.2. The van der Waals surface area contributed by atoms with Gasteiger partial charge in [0.05, 0.1) is 0 Å². The van der Waals surface area contributed by atoms with Crippen LogP contribution in [0.5, 0.6) is 0 Å². The number of rotatable bonds is 6. The first kappa shape index (κ1) is 15.3. The first-order valence-electron chi connectivity index (χ1n) is 7.17. The van der Waals surface area contributed by atoms with Crippen LogP contribution in [-0.2, 0) is 0 Å². The molecule has 0 aliphatic carbocycles. The fraction of sp³-hybridized carbons (Fsp3) is 0.769. The van der Waals surface area contributed by atoms with E-state index in [9.17, 15) is 0 Å². The van der Waals surface area contributed by atoms with Crippen LogP contribution in [0.15, 0.2) is 0 Å². The standard InChI is InChI=1S/C13H23ClN6/c1-4-7-15-12-16-11(14)17-13(18-12)20(3)9-10-6-5-8-19(10)2/h10H,4-9H2,1-3H3,(H,15,16,17,18). The third-order valence-electron chi connectivity index (χ3n) is 3.63. The molecule has 7 heteroatoms. The molecular formula is C13H23ClN6. The monoisotopic (exact) mass is 298 g/mol. The number of aromatic nitrogens is 3. The van der Waals surface area contributed by atoms with E-state index in [-0.39, 0.29) is 5.28 Å². The lowest BCUT2D eigenvalue weighted by Gasteiger charge is -2.25. The smallest absolute Gasteiger partial charge is 0.231 e. The summed E-state index contributed by atoms with van der Waals surface area (Å²) in [6.07, 6.45) is 3.50. The van der Waals surface area contributed by atoms with E-state index in [1.165, 1.54) is 19.4 Å². The molecule has 0 amide bonds. The van der Waals surface area contributed by atoms with Crippen molar-refractivity contribution < 1.29 is 0 Å². The molecule has 112 valence electrons. The number of nitrogens with zero attached hydrogens (tertiary/aromatic N) is 5. The maximum atomic E-state index is 5.98. The Morgan fingerprint density at radius 3 is 2.85 bits per heavy atom. The molecule has 20 heavy (non-hydrogen) atoms. The van der Waals surface area contributed by atoms with E-state index in [1.807, 2.05) is 7.05 Å². The Hall–Kier alpha value is -1.14. The van der Waals surface area contributed by atoms with Crippen LogP contribution in [0.25, 0.3) is 0 Å². The predicted octanol–water partition coefficient (Wildman–Crippen LogP) is 1.88. The number of hydrogen-bond acceptors (Lipinski definition) is 6. The Labute approximate surface area is 125 Å². The predicted molar refractivity (Wildman–Crippen MR) is 82.5 cm³/mol. The van der Waals surface area contributed by atoms with Gasteiger partial charge in [-0.25, -0.2) is 0 Å². The molecule has 1 aromatic rings. The Morgan fingerprint density at radius 2 is 2.20 bits per heavy atom. The summed E-state index contributed by atoms with van der Waals surface area (Å²) < 4.78 is 0. The molecule has 1 N–H and O–H groups in total. The van der Waals surface area contributed by atoms with E-state index < -0.39 is 0 Å². The summed E-state index contributed by atoms with van der Waals surface area (Å²) in [6.45, 7) is 5.00. The van der Waals surface area contributed by atoms with E-state index >= 15 is 0 Å². The number of likely N-dealkylation sites (tertiary alicyclic amines) is 1. The molecule has 1 saturated heterocycles. The third kappa shape index (κ3) is 3.93. The van der Waals surface area contributed by atoms with Crippen molar-refractivity contribution >= 4 is 23.5 Å². The average molecular weight is 299 g/mol.